The molecule has 1 aliphatic heterocycles. The van der Waals surface area contributed by atoms with Crippen molar-refractivity contribution in [1.29, 1.82) is 0 Å². The number of ether oxygens (including phenoxy) is 1. The van der Waals surface area contributed by atoms with Gasteiger partial charge in [-0.15, -0.1) is 0 Å². The number of hydrogen-bond donors (Lipinski definition) is 0. The molecule has 1 saturated heterocycles. The van der Waals surface area contributed by atoms with E-state index in [4.69, 9.17) is 9.15 Å². The third-order valence-electron chi connectivity index (χ3n) is 5.87. The number of benzene rings is 2. The van der Waals surface area contributed by atoms with Crippen molar-refractivity contribution in [2.75, 3.05) is 32.8 Å². The number of carbonyl (C=O) groups is 1. The van der Waals surface area contributed by atoms with E-state index in [-0.39, 0.29) is 5.91 Å². The highest BCUT2D eigenvalue weighted by molar-refractivity contribution is 5.97. The Morgan fingerprint density at radius 3 is 2.58 bits per heavy atom. The summed E-state index contributed by atoms with van der Waals surface area (Å²) < 4.78 is 11.5. The van der Waals surface area contributed by atoms with Crippen LogP contribution in [0.2, 0.25) is 0 Å². The van der Waals surface area contributed by atoms with Crippen LogP contribution >= 0.6 is 0 Å². The molecule has 0 unspecified atom stereocenters. The predicted molar refractivity (Wildman–Crippen MR) is 124 cm³/mol. The quantitative estimate of drug-likeness (QED) is 0.535. The van der Waals surface area contributed by atoms with Crippen LogP contribution in [-0.2, 0) is 11.3 Å². The Balaban J connectivity index is 1.45. The molecule has 0 saturated carbocycles. The summed E-state index contributed by atoms with van der Waals surface area (Å²) in [4.78, 5) is 17.3. The van der Waals surface area contributed by atoms with Crippen molar-refractivity contribution >= 4 is 22.4 Å². The van der Waals surface area contributed by atoms with Gasteiger partial charge in [-0.3, -0.25) is 9.69 Å². The van der Waals surface area contributed by atoms with Gasteiger partial charge in [-0.25, -0.2) is 0 Å². The molecule has 5 heteroatoms. The van der Waals surface area contributed by atoms with Crippen molar-refractivity contribution in [2.45, 2.75) is 27.3 Å². The fraction of sp³-hybridized carbons (Fsp3) is 0.346. The maximum atomic E-state index is 13.0. The van der Waals surface area contributed by atoms with Gasteiger partial charge in [-0.1, -0.05) is 30.3 Å². The first-order valence-electron chi connectivity index (χ1n) is 10.9. The zero-order chi connectivity index (χ0) is 21.8. The standard InChI is InChI=1S/C26H30N2O3/c1-4-30-24-16-25-23(20(3)18-31-25)15-22(24)19(2)14-26(29)28-12-10-27(11-13-28)17-21-8-6-5-7-9-21/h5-9,14-16,18H,4,10-13,17H2,1-3H3/b19-14+. The Morgan fingerprint density at radius 1 is 1.13 bits per heavy atom. The van der Waals surface area contributed by atoms with Gasteiger partial charge in [0.15, 0.2) is 0 Å². The lowest BCUT2D eigenvalue weighted by Crippen LogP contribution is -2.47. The molecular formula is C26H30N2O3. The zero-order valence-electron chi connectivity index (χ0n) is 18.6. The normalized spacial score (nSPS) is 15.5. The molecule has 2 heterocycles. The maximum Gasteiger partial charge on any atom is 0.246 e. The molecule has 0 atom stereocenters. The summed E-state index contributed by atoms with van der Waals surface area (Å²) in [6.07, 6.45) is 3.50. The Hall–Kier alpha value is -3.05. The summed E-state index contributed by atoms with van der Waals surface area (Å²) in [5, 5.41) is 1.05. The number of allylic oxidation sites excluding steroid dienone is 1. The molecule has 1 aliphatic rings. The molecule has 1 fully saturated rings. The van der Waals surface area contributed by atoms with Crippen LogP contribution in [0.25, 0.3) is 16.5 Å². The summed E-state index contributed by atoms with van der Waals surface area (Å²) in [5.41, 5.74) is 5.04. The van der Waals surface area contributed by atoms with Crippen molar-refractivity contribution in [2.24, 2.45) is 0 Å². The summed E-state index contributed by atoms with van der Waals surface area (Å²) in [5.74, 6) is 0.807. The maximum absolute atomic E-state index is 13.0. The summed E-state index contributed by atoms with van der Waals surface area (Å²) >= 11 is 0. The Kier molecular flexibility index (Phi) is 6.42. The van der Waals surface area contributed by atoms with E-state index in [9.17, 15) is 4.79 Å². The molecule has 0 radical (unpaired) electrons. The van der Waals surface area contributed by atoms with E-state index in [1.54, 1.807) is 12.3 Å². The van der Waals surface area contributed by atoms with Gasteiger partial charge in [0, 0.05) is 55.8 Å². The van der Waals surface area contributed by atoms with Crippen molar-refractivity contribution in [3.8, 4) is 5.75 Å². The molecule has 3 aromatic rings. The predicted octanol–water partition coefficient (Wildman–Crippen LogP) is 4.89. The van der Waals surface area contributed by atoms with Crippen LogP contribution in [0.3, 0.4) is 0 Å². The Labute approximate surface area is 183 Å². The van der Waals surface area contributed by atoms with E-state index in [2.05, 4.69) is 35.2 Å². The highest BCUT2D eigenvalue weighted by atomic mass is 16.5. The molecule has 0 bridgehead atoms. The minimum atomic E-state index is 0.0586. The Morgan fingerprint density at radius 2 is 1.87 bits per heavy atom. The van der Waals surface area contributed by atoms with E-state index < -0.39 is 0 Å². The SMILES string of the molecule is CCOc1cc2occ(C)c2cc1/C(C)=C/C(=O)N1CCN(Cc2ccccc2)CC1. The van der Waals surface area contributed by atoms with Crippen molar-refractivity contribution < 1.29 is 13.9 Å². The van der Waals surface area contributed by atoms with Gasteiger partial charge in [0.05, 0.1) is 12.9 Å². The molecule has 0 aliphatic carbocycles. The summed E-state index contributed by atoms with van der Waals surface area (Å²) in [7, 11) is 0. The third kappa shape index (κ3) is 4.83. The van der Waals surface area contributed by atoms with E-state index in [0.717, 1.165) is 66.1 Å². The number of furan rings is 1. The molecule has 31 heavy (non-hydrogen) atoms. The molecule has 0 spiro atoms. The van der Waals surface area contributed by atoms with Gasteiger partial charge in [-0.2, -0.15) is 0 Å². The summed E-state index contributed by atoms with van der Waals surface area (Å²) in [6.45, 7) is 10.7. The third-order valence-corrected chi connectivity index (χ3v) is 5.87. The van der Waals surface area contributed by atoms with Gasteiger partial charge in [-0.05, 0) is 43.5 Å². The number of aryl methyl sites for hydroxylation is 1. The van der Waals surface area contributed by atoms with Crippen molar-refractivity contribution in [1.82, 2.24) is 9.80 Å². The van der Waals surface area contributed by atoms with Crippen LogP contribution < -0.4 is 4.74 Å². The second kappa shape index (κ2) is 9.40. The molecular weight excluding hydrogens is 388 g/mol. The number of hydrogen-bond acceptors (Lipinski definition) is 4. The average molecular weight is 419 g/mol. The van der Waals surface area contributed by atoms with Crippen LogP contribution in [0.5, 0.6) is 5.75 Å². The van der Waals surface area contributed by atoms with Crippen LogP contribution in [0.1, 0.15) is 30.5 Å². The number of fused-ring (bicyclic) bond motifs is 1. The van der Waals surface area contributed by atoms with E-state index in [0.29, 0.717) is 6.61 Å². The first-order chi connectivity index (χ1) is 15.0. The van der Waals surface area contributed by atoms with Gasteiger partial charge in [0.1, 0.15) is 11.3 Å². The van der Waals surface area contributed by atoms with Crippen LogP contribution in [0.4, 0.5) is 0 Å². The molecule has 162 valence electrons. The molecule has 5 nitrogen and oxygen atoms in total. The van der Waals surface area contributed by atoms with Gasteiger partial charge in [0.25, 0.3) is 0 Å². The van der Waals surface area contributed by atoms with Crippen molar-refractivity contribution in [3.63, 3.8) is 0 Å². The number of nitrogens with zero attached hydrogens (tertiary/aromatic N) is 2. The fourth-order valence-corrected chi connectivity index (χ4v) is 4.09. The molecule has 1 aromatic heterocycles. The molecule has 0 N–H and O–H groups in total. The van der Waals surface area contributed by atoms with E-state index >= 15 is 0 Å². The van der Waals surface area contributed by atoms with E-state index in [1.807, 2.05) is 37.8 Å². The second-order valence-electron chi connectivity index (χ2n) is 8.11. The molecule has 4 rings (SSSR count). The number of amides is 1. The topological polar surface area (TPSA) is 45.9 Å². The van der Waals surface area contributed by atoms with Crippen LogP contribution in [0.15, 0.2) is 59.2 Å². The largest absolute Gasteiger partial charge is 0.493 e. The number of carbonyl (C=O) groups excluding carboxylic acids is 1. The zero-order valence-corrected chi connectivity index (χ0v) is 18.6. The average Bonchev–Trinajstić information content (AvgIpc) is 3.14. The first kappa shape index (κ1) is 21.2. The lowest BCUT2D eigenvalue weighted by Gasteiger charge is -2.34. The minimum absolute atomic E-state index is 0.0586. The minimum Gasteiger partial charge on any atom is -0.493 e. The number of piperazine rings is 1. The fourth-order valence-electron chi connectivity index (χ4n) is 4.09. The van der Waals surface area contributed by atoms with Crippen LogP contribution in [0, 0.1) is 6.92 Å². The molecule has 1 amide bonds. The van der Waals surface area contributed by atoms with Crippen LogP contribution in [-0.4, -0.2) is 48.5 Å². The van der Waals surface area contributed by atoms with Gasteiger partial charge in [0.2, 0.25) is 5.91 Å². The monoisotopic (exact) mass is 418 g/mol. The molecule has 2 aromatic carbocycles. The van der Waals surface area contributed by atoms with Crippen molar-refractivity contribution in [3.05, 3.63) is 71.5 Å². The smallest absolute Gasteiger partial charge is 0.246 e. The summed E-state index contributed by atoms with van der Waals surface area (Å²) in [6, 6.07) is 14.5. The van der Waals surface area contributed by atoms with E-state index in [1.165, 1.54) is 5.56 Å². The number of rotatable bonds is 6. The highest BCUT2D eigenvalue weighted by Gasteiger charge is 2.21. The van der Waals surface area contributed by atoms with Gasteiger partial charge < -0.3 is 14.1 Å². The first-order valence-corrected chi connectivity index (χ1v) is 10.9. The second-order valence-corrected chi connectivity index (χ2v) is 8.11. The lowest BCUT2D eigenvalue weighted by molar-refractivity contribution is -0.127. The Bertz CT molecular complexity index is 1080. The van der Waals surface area contributed by atoms with Gasteiger partial charge >= 0.3 is 0 Å². The highest BCUT2D eigenvalue weighted by Crippen LogP contribution is 2.33. The lowest BCUT2D eigenvalue weighted by atomic mass is 10.0.